The fourth-order valence-corrected chi connectivity index (χ4v) is 7.66. The average molecular weight is 597 g/mol. The number of benzene rings is 9. The molecule has 0 unspecified atom stereocenters. The van der Waals surface area contributed by atoms with Gasteiger partial charge in [-0.15, -0.1) is 0 Å². The third kappa shape index (κ3) is 4.03. The van der Waals surface area contributed by atoms with E-state index < -0.39 is 0 Å². The van der Waals surface area contributed by atoms with E-state index in [0.29, 0.717) is 0 Å². The summed E-state index contributed by atoms with van der Waals surface area (Å²) in [5.74, 6) is 0. The Kier molecular flexibility index (Phi) is 5.64. The number of fused-ring (bicyclic) bond motifs is 8. The lowest BCUT2D eigenvalue weighted by molar-refractivity contribution is 0.669. The van der Waals surface area contributed by atoms with Crippen LogP contribution < -0.4 is 0 Å². The Hall–Kier alpha value is -6.18. The number of hydrogen-bond donors (Lipinski definition) is 0. The number of furan rings is 1. The predicted molar refractivity (Wildman–Crippen MR) is 200 cm³/mol. The maximum Gasteiger partial charge on any atom is 0.136 e. The zero-order valence-corrected chi connectivity index (χ0v) is 25.6. The second kappa shape index (κ2) is 10.2. The first-order valence-corrected chi connectivity index (χ1v) is 16.2. The highest BCUT2D eigenvalue weighted by Gasteiger charge is 2.19. The summed E-state index contributed by atoms with van der Waals surface area (Å²) in [5, 5.41) is 12.3. The van der Waals surface area contributed by atoms with Crippen LogP contribution in [0.4, 0.5) is 0 Å². The standard InChI is InChI=1S/C46H28O/c1-2-11-29(12-3-1)40-27-34(45-36-18-9-7-16-33(36)26-41-35-17-8-6-13-30(35)21-24-39(41)45)22-23-37(40)38-19-10-20-43-46(38)42-25-31-14-4-5-15-32(31)28-44(42)47-43/h1-28H. The molecule has 0 saturated heterocycles. The van der Waals surface area contributed by atoms with E-state index in [4.69, 9.17) is 4.42 Å². The van der Waals surface area contributed by atoms with Crippen LogP contribution >= 0.6 is 0 Å². The minimum absolute atomic E-state index is 0.905. The molecule has 0 fully saturated rings. The van der Waals surface area contributed by atoms with Gasteiger partial charge in [-0.25, -0.2) is 0 Å². The molecule has 47 heavy (non-hydrogen) atoms. The van der Waals surface area contributed by atoms with Crippen molar-refractivity contribution in [3.8, 4) is 33.4 Å². The Bertz CT molecular complexity index is 2840. The molecule has 0 bridgehead atoms. The van der Waals surface area contributed by atoms with Gasteiger partial charge in [-0.2, -0.15) is 0 Å². The quantitative estimate of drug-likeness (QED) is 0.146. The molecule has 0 saturated carbocycles. The van der Waals surface area contributed by atoms with Gasteiger partial charge in [-0.3, -0.25) is 0 Å². The molecular weight excluding hydrogens is 569 g/mol. The second-order valence-corrected chi connectivity index (χ2v) is 12.5. The Morgan fingerprint density at radius 2 is 1.00 bits per heavy atom. The van der Waals surface area contributed by atoms with E-state index in [1.54, 1.807) is 0 Å². The summed E-state index contributed by atoms with van der Waals surface area (Å²) in [7, 11) is 0. The summed E-state index contributed by atoms with van der Waals surface area (Å²) in [4.78, 5) is 0. The van der Waals surface area contributed by atoms with E-state index in [1.807, 2.05) is 0 Å². The first-order chi connectivity index (χ1) is 23.3. The maximum absolute atomic E-state index is 6.49. The molecule has 0 aliphatic carbocycles. The summed E-state index contributed by atoms with van der Waals surface area (Å²) < 4.78 is 6.49. The van der Waals surface area contributed by atoms with E-state index in [2.05, 4.69) is 170 Å². The first-order valence-electron chi connectivity index (χ1n) is 16.2. The van der Waals surface area contributed by atoms with Gasteiger partial charge in [0, 0.05) is 10.8 Å². The Morgan fingerprint density at radius 3 is 1.85 bits per heavy atom. The summed E-state index contributed by atoms with van der Waals surface area (Å²) in [5.41, 5.74) is 9.06. The Morgan fingerprint density at radius 1 is 0.298 bits per heavy atom. The summed E-state index contributed by atoms with van der Waals surface area (Å²) >= 11 is 0. The fourth-order valence-electron chi connectivity index (χ4n) is 7.66. The lowest BCUT2D eigenvalue weighted by Crippen LogP contribution is -1.91. The van der Waals surface area contributed by atoms with Gasteiger partial charge in [0.15, 0.2) is 0 Å². The van der Waals surface area contributed by atoms with Crippen molar-refractivity contribution < 1.29 is 4.42 Å². The smallest absolute Gasteiger partial charge is 0.136 e. The van der Waals surface area contributed by atoms with Gasteiger partial charge in [0.05, 0.1) is 0 Å². The van der Waals surface area contributed by atoms with Crippen LogP contribution in [0.2, 0.25) is 0 Å². The summed E-state index contributed by atoms with van der Waals surface area (Å²) in [6.45, 7) is 0. The zero-order chi connectivity index (χ0) is 30.9. The third-order valence-corrected chi connectivity index (χ3v) is 9.82. The van der Waals surface area contributed by atoms with E-state index >= 15 is 0 Å². The molecule has 9 aromatic carbocycles. The van der Waals surface area contributed by atoms with E-state index in [1.165, 1.54) is 76.5 Å². The van der Waals surface area contributed by atoms with Crippen molar-refractivity contribution in [2.75, 3.05) is 0 Å². The molecule has 0 atom stereocenters. The van der Waals surface area contributed by atoms with Gasteiger partial charge < -0.3 is 4.42 Å². The molecule has 1 aromatic heterocycles. The van der Waals surface area contributed by atoms with Crippen LogP contribution in [0.1, 0.15) is 0 Å². The zero-order valence-electron chi connectivity index (χ0n) is 25.6. The lowest BCUT2D eigenvalue weighted by Gasteiger charge is -2.17. The van der Waals surface area contributed by atoms with Gasteiger partial charge in [0.2, 0.25) is 0 Å². The fraction of sp³-hybridized carbons (Fsp3) is 0. The van der Waals surface area contributed by atoms with Crippen molar-refractivity contribution >= 4 is 65.0 Å². The van der Waals surface area contributed by atoms with Gasteiger partial charge in [0.25, 0.3) is 0 Å². The molecule has 1 heteroatoms. The average Bonchev–Trinajstić information content (AvgIpc) is 3.50. The maximum atomic E-state index is 6.49. The topological polar surface area (TPSA) is 13.1 Å². The van der Waals surface area contributed by atoms with Gasteiger partial charge in [0.1, 0.15) is 11.2 Å². The second-order valence-electron chi connectivity index (χ2n) is 12.5. The van der Waals surface area contributed by atoms with Crippen molar-refractivity contribution in [2.45, 2.75) is 0 Å². The minimum Gasteiger partial charge on any atom is -0.456 e. The van der Waals surface area contributed by atoms with Gasteiger partial charge in [-0.1, -0.05) is 140 Å². The molecule has 1 nitrogen and oxygen atoms in total. The van der Waals surface area contributed by atoms with E-state index in [-0.39, 0.29) is 0 Å². The molecule has 0 aliphatic heterocycles. The molecule has 0 aliphatic rings. The van der Waals surface area contributed by atoms with E-state index in [0.717, 1.165) is 21.9 Å². The molecule has 0 N–H and O–H groups in total. The molecule has 1 heterocycles. The molecular formula is C46H28O. The monoisotopic (exact) mass is 596 g/mol. The molecule has 0 amide bonds. The lowest BCUT2D eigenvalue weighted by atomic mass is 9.86. The van der Waals surface area contributed by atoms with Gasteiger partial charge in [-0.05, 0) is 107 Å². The summed E-state index contributed by atoms with van der Waals surface area (Å²) in [6, 6.07) is 61.7. The molecule has 10 rings (SSSR count). The molecule has 10 aromatic rings. The highest BCUT2D eigenvalue weighted by molar-refractivity contribution is 6.21. The van der Waals surface area contributed by atoms with Crippen molar-refractivity contribution in [2.24, 2.45) is 0 Å². The van der Waals surface area contributed by atoms with Crippen molar-refractivity contribution in [3.63, 3.8) is 0 Å². The molecule has 0 radical (unpaired) electrons. The summed E-state index contributed by atoms with van der Waals surface area (Å²) in [6.07, 6.45) is 0. The van der Waals surface area contributed by atoms with Crippen molar-refractivity contribution in [3.05, 3.63) is 170 Å². The third-order valence-electron chi connectivity index (χ3n) is 9.82. The number of hydrogen-bond acceptors (Lipinski definition) is 1. The first kappa shape index (κ1) is 26.1. The predicted octanol–water partition coefficient (Wildman–Crippen LogP) is 13.2. The highest BCUT2D eigenvalue weighted by atomic mass is 16.3. The largest absolute Gasteiger partial charge is 0.456 e. The molecule has 218 valence electrons. The Balaban J connectivity index is 1.29. The van der Waals surface area contributed by atoms with Crippen LogP contribution in [-0.4, -0.2) is 0 Å². The van der Waals surface area contributed by atoms with Crippen LogP contribution in [0, 0.1) is 0 Å². The minimum atomic E-state index is 0.905. The molecule has 0 spiro atoms. The normalized spacial score (nSPS) is 11.8. The highest BCUT2D eigenvalue weighted by Crippen LogP contribution is 2.45. The van der Waals surface area contributed by atoms with Crippen molar-refractivity contribution in [1.29, 1.82) is 0 Å². The van der Waals surface area contributed by atoms with Gasteiger partial charge >= 0.3 is 0 Å². The SMILES string of the molecule is c1ccc(-c2cc(-c3c4ccccc4cc4c3ccc3ccccc34)ccc2-c2cccc3oc4cc5ccccc5cc4c23)cc1. The van der Waals surface area contributed by atoms with Crippen LogP contribution in [0.5, 0.6) is 0 Å². The number of rotatable bonds is 3. The van der Waals surface area contributed by atoms with Crippen LogP contribution in [-0.2, 0) is 0 Å². The van der Waals surface area contributed by atoms with Crippen LogP contribution in [0.25, 0.3) is 98.4 Å². The van der Waals surface area contributed by atoms with Crippen LogP contribution in [0.15, 0.2) is 174 Å². The van der Waals surface area contributed by atoms with Crippen molar-refractivity contribution in [1.82, 2.24) is 0 Å². The Labute approximate surface area is 271 Å². The van der Waals surface area contributed by atoms with Crippen LogP contribution in [0.3, 0.4) is 0 Å². The van der Waals surface area contributed by atoms with E-state index in [9.17, 15) is 0 Å².